The summed E-state index contributed by atoms with van der Waals surface area (Å²) in [7, 11) is 0.655. The van der Waals surface area contributed by atoms with Crippen molar-refractivity contribution in [3.63, 3.8) is 0 Å². The number of carbonyl (C=O) groups is 3. The van der Waals surface area contributed by atoms with Crippen LogP contribution >= 0.6 is 0 Å². The van der Waals surface area contributed by atoms with Gasteiger partial charge in [0.2, 0.25) is 5.91 Å². The quantitative estimate of drug-likeness (QED) is 0.315. The molecule has 2 aromatic carbocycles. The lowest BCUT2D eigenvalue weighted by Crippen LogP contribution is -2.43. The van der Waals surface area contributed by atoms with Crippen LogP contribution in [0, 0.1) is 0 Å². The van der Waals surface area contributed by atoms with Crippen molar-refractivity contribution in [2.45, 2.75) is 38.5 Å². The van der Waals surface area contributed by atoms with Crippen LogP contribution in [0.3, 0.4) is 0 Å². The first kappa shape index (κ1) is 25.8. The van der Waals surface area contributed by atoms with Crippen molar-refractivity contribution in [2.24, 2.45) is 7.05 Å². The maximum absolute atomic E-state index is 13.8. The van der Waals surface area contributed by atoms with Gasteiger partial charge >= 0.3 is 7.12 Å². The molecule has 2 aromatic heterocycles. The van der Waals surface area contributed by atoms with E-state index in [1.165, 1.54) is 15.8 Å². The predicted molar refractivity (Wildman–Crippen MR) is 147 cm³/mol. The van der Waals surface area contributed by atoms with Crippen molar-refractivity contribution in [3.05, 3.63) is 77.3 Å². The molecule has 40 heavy (non-hydrogen) atoms. The van der Waals surface area contributed by atoms with Gasteiger partial charge in [0.25, 0.3) is 11.8 Å². The molecule has 204 valence electrons. The summed E-state index contributed by atoms with van der Waals surface area (Å²) in [6.45, 7) is 2.39. The smallest absolute Gasteiger partial charge is 0.463 e. The number of furan rings is 1. The molecule has 2 aliphatic heterocycles. The van der Waals surface area contributed by atoms with Crippen molar-refractivity contribution < 1.29 is 28.5 Å². The average molecular weight is 541 g/mol. The van der Waals surface area contributed by atoms with Crippen LogP contribution in [0.2, 0.25) is 0 Å². The predicted octanol–water partition coefficient (Wildman–Crippen LogP) is 1.60. The number of nitrogens with zero attached hydrogens (tertiary/aromatic N) is 3. The summed E-state index contributed by atoms with van der Waals surface area (Å²) in [6.07, 6.45) is 2.31. The number of para-hydroxylation sites is 1. The third-order valence-electron chi connectivity index (χ3n) is 7.51. The normalized spacial score (nSPS) is 18.3. The van der Waals surface area contributed by atoms with E-state index in [0.717, 1.165) is 11.3 Å². The van der Waals surface area contributed by atoms with Crippen LogP contribution in [0.1, 0.15) is 45.4 Å². The van der Waals surface area contributed by atoms with Crippen molar-refractivity contribution in [2.75, 3.05) is 11.9 Å². The molecule has 0 bridgehead atoms. The summed E-state index contributed by atoms with van der Waals surface area (Å²) in [4.78, 5) is 42.0. The molecule has 3 amide bonds. The van der Waals surface area contributed by atoms with E-state index in [0.29, 0.717) is 46.4 Å². The zero-order valence-electron chi connectivity index (χ0n) is 22.1. The van der Waals surface area contributed by atoms with Crippen LogP contribution in [-0.4, -0.2) is 63.2 Å². The highest BCUT2D eigenvalue weighted by Crippen LogP contribution is 2.28. The van der Waals surface area contributed by atoms with E-state index in [9.17, 15) is 19.4 Å². The van der Waals surface area contributed by atoms with Gasteiger partial charge in [0, 0.05) is 30.7 Å². The van der Waals surface area contributed by atoms with E-state index < -0.39 is 25.1 Å². The van der Waals surface area contributed by atoms with E-state index in [1.54, 1.807) is 43.4 Å². The number of aryl methyl sites for hydroxylation is 2. The lowest BCUT2D eigenvalue weighted by atomic mass is 9.79. The molecule has 0 saturated carbocycles. The Labute approximate surface area is 230 Å². The van der Waals surface area contributed by atoms with Crippen molar-refractivity contribution >= 4 is 47.0 Å². The summed E-state index contributed by atoms with van der Waals surface area (Å²) < 4.78 is 12.4. The molecule has 0 radical (unpaired) electrons. The topological polar surface area (TPSA) is 139 Å². The van der Waals surface area contributed by atoms with E-state index in [2.05, 4.69) is 15.7 Å². The highest BCUT2D eigenvalue weighted by Gasteiger charge is 2.41. The fraction of sp³-hybridized carbons (Fsp3) is 0.286. The molecule has 2 aliphatic rings. The Bertz CT molecular complexity index is 1630. The number of nitrogens with one attached hydrogen (secondary N) is 2. The summed E-state index contributed by atoms with van der Waals surface area (Å²) in [5.74, 6) is -1.09. The number of carbonyl (C=O) groups excluding carboxylic acids is 3. The Kier molecular flexibility index (Phi) is 6.64. The second kappa shape index (κ2) is 10.3. The lowest BCUT2D eigenvalue weighted by Gasteiger charge is -2.23. The molecule has 11 nitrogen and oxygen atoms in total. The van der Waals surface area contributed by atoms with E-state index >= 15 is 0 Å². The second-order valence-electron chi connectivity index (χ2n) is 10.1. The maximum Gasteiger partial charge on any atom is 0.491 e. The Morgan fingerprint density at radius 3 is 2.80 bits per heavy atom. The van der Waals surface area contributed by atoms with Crippen LogP contribution in [0.5, 0.6) is 0 Å². The number of hydrogen-bond acceptors (Lipinski definition) is 7. The summed E-state index contributed by atoms with van der Waals surface area (Å²) in [6, 6.07) is 12.8. The lowest BCUT2D eigenvalue weighted by molar-refractivity contribution is -0.119. The van der Waals surface area contributed by atoms with Crippen LogP contribution in [0.15, 0.2) is 59.2 Å². The van der Waals surface area contributed by atoms with Crippen molar-refractivity contribution in [1.29, 1.82) is 0 Å². The van der Waals surface area contributed by atoms with Gasteiger partial charge < -0.3 is 29.6 Å². The van der Waals surface area contributed by atoms with Crippen molar-refractivity contribution in [1.82, 2.24) is 20.0 Å². The van der Waals surface area contributed by atoms with Crippen LogP contribution < -0.4 is 16.1 Å². The fourth-order valence-electron chi connectivity index (χ4n) is 5.40. The first-order valence-electron chi connectivity index (χ1n) is 13.2. The Hall–Kier alpha value is -4.42. The highest BCUT2D eigenvalue weighted by atomic mass is 16.5. The molecule has 0 unspecified atom stereocenters. The standard InChI is InChI=1S/C28H28BN5O6/c1-3-17-11-23(33(2)32-17)26(35)31-19-12-24(27(36)30-18-9-8-16-14-40-29(38)22(16)10-18)34(13-19)28(37)21-15-39-25-7-5-4-6-20(21)25/h4-11,15,19,24,38H,3,12-14H2,1-2H3,(H,30,36)(H,31,35)/t19-,24+/m1/s1. The van der Waals surface area contributed by atoms with Gasteiger partial charge in [-0.2, -0.15) is 5.10 Å². The summed E-state index contributed by atoms with van der Waals surface area (Å²) in [5.41, 5.74) is 4.03. The Morgan fingerprint density at radius 1 is 1.18 bits per heavy atom. The van der Waals surface area contributed by atoms with Crippen LogP contribution in [-0.2, 0) is 29.5 Å². The molecule has 1 fully saturated rings. The summed E-state index contributed by atoms with van der Waals surface area (Å²) >= 11 is 0. The van der Waals surface area contributed by atoms with Gasteiger partial charge in [-0.15, -0.1) is 0 Å². The number of hydrogen-bond donors (Lipinski definition) is 3. The van der Waals surface area contributed by atoms with Gasteiger partial charge in [-0.3, -0.25) is 19.1 Å². The van der Waals surface area contributed by atoms with Crippen molar-refractivity contribution in [3.8, 4) is 0 Å². The molecule has 4 aromatic rings. The van der Waals surface area contributed by atoms with E-state index in [-0.39, 0.29) is 24.8 Å². The Morgan fingerprint density at radius 2 is 2.00 bits per heavy atom. The van der Waals surface area contributed by atoms with Gasteiger partial charge in [0.05, 0.1) is 17.9 Å². The second-order valence-corrected chi connectivity index (χ2v) is 10.1. The molecule has 1 saturated heterocycles. The minimum absolute atomic E-state index is 0.136. The molecule has 4 heterocycles. The van der Waals surface area contributed by atoms with E-state index in [1.807, 2.05) is 19.1 Å². The largest absolute Gasteiger partial charge is 0.491 e. The number of benzene rings is 2. The highest BCUT2D eigenvalue weighted by molar-refractivity contribution is 6.61. The molecule has 6 rings (SSSR count). The average Bonchev–Trinajstić information content (AvgIpc) is 3.73. The van der Waals surface area contributed by atoms with Gasteiger partial charge in [-0.1, -0.05) is 31.2 Å². The van der Waals surface area contributed by atoms with Crippen LogP contribution in [0.25, 0.3) is 11.0 Å². The molecule has 2 atom stereocenters. The minimum Gasteiger partial charge on any atom is -0.463 e. The van der Waals surface area contributed by atoms with E-state index in [4.69, 9.17) is 9.07 Å². The van der Waals surface area contributed by atoms with Crippen LogP contribution in [0.4, 0.5) is 5.69 Å². The number of fused-ring (bicyclic) bond motifs is 2. The molecule has 12 heteroatoms. The third-order valence-corrected chi connectivity index (χ3v) is 7.51. The monoisotopic (exact) mass is 541 g/mol. The van der Waals surface area contributed by atoms with Gasteiger partial charge in [0.15, 0.2) is 0 Å². The first-order valence-corrected chi connectivity index (χ1v) is 13.2. The number of anilines is 1. The molecule has 3 N–H and O–H groups in total. The molecule has 0 spiro atoms. The SMILES string of the molecule is CCc1cc(C(=O)N[C@@H]2C[C@@H](C(=O)Nc3ccc4c(c3)B(O)OC4)N(C(=O)c3coc4ccccc34)C2)n(C)n1. The van der Waals surface area contributed by atoms with Gasteiger partial charge in [0.1, 0.15) is 23.6 Å². The number of amides is 3. The maximum atomic E-state index is 13.8. The minimum atomic E-state index is -1.05. The number of aromatic nitrogens is 2. The zero-order valence-corrected chi connectivity index (χ0v) is 22.1. The first-order chi connectivity index (χ1) is 19.3. The molecular weight excluding hydrogens is 513 g/mol. The summed E-state index contributed by atoms with van der Waals surface area (Å²) in [5, 5.41) is 20.9. The zero-order chi connectivity index (χ0) is 28.0. The van der Waals surface area contributed by atoms with Gasteiger partial charge in [-0.25, -0.2) is 0 Å². The Balaban J connectivity index is 1.26. The molecular formula is C28H28BN5O6. The number of rotatable bonds is 6. The number of likely N-dealkylation sites (tertiary alicyclic amines) is 1. The van der Waals surface area contributed by atoms with Gasteiger partial charge in [-0.05, 0) is 48.1 Å². The third kappa shape index (κ3) is 4.65. The molecule has 0 aliphatic carbocycles. The fourth-order valence-corrected chi connectivity index (χ4v) is 5.40.